The molecular weight excluding hydrogens is 289 g/mol. The van der Waals surface area contributed by atoms with E-state index in [1.165, 1.54) is 0 Å². The van der Waals surface area contributed by atoms with Crippen molar-refractivity contribution in [2.45, 2.75) is 13.0 Å². The van der Waals surface area contributed by atoms with E-state index in [2.05, 4.69) is 15.4 Å². The first-order valence-electron chi connectivity index (χ1n) is 6.23. The second kappa shape index (κ2) is 8.45. The van der Waals surface area contributed by atoms with Gasteiger partial charge in [0.05, 0.1) is 6.54 Å². The summed E-state index contributed by atoms with van der Waals surface area (Å²) in [6.45, 7) is -0.245. The van der Waals surface area contributed by atoms with Gasteiger partial charge in [-0.2, -0.15) is 0 Å². The number of hydrogen-bond acceptors (Lipinski definition) is 5. The molecule has 22 heavy (non-hydrogen) atoms. The highest BCUT2D eigenvalue weighted by molar-refractivity contribution is 6.55. The van der Waals surface area contributed by atoms with Crippen LogP contribution in [0.25, 0.3) is 0 Å². The molecule has 114 valence electrons. The van der Waals surface area contributed by atoms with Crippen LogP contribution in [0.1, 0.15) is 12.0 Å². The van der Waals surface area contributed by atoms with Crippen molar-refractivity contribution in [1.82, 2.24) is 5.32 Å². The van der Waals surface area contributed by atoms with Gasteiger partial charge >= 0.3 is 0 Å². The van der Waals surface area contributed by atoms with Crippen molar-refractivity contribution in [3.05, 3.63) is 29.8 Å². The summed E-state index contributed by atoms with van der Waals surface area (Å²) < 4.78 is 4.61. The monoisotopic (exact) mass is 303 g/mol. The molecule has 8 nitrogen and oxygen atoms in total. The molecule has 4 N–H and O–H groups in total. The molecule has 0 bridgehead atoms. The molecule has 0 heterocycles. The third kappa shape index (κ3) is 7.08. The molecule has 0 aromatic heterocycles. The Kier molecular flexibility index (Phi) is 6.61. The number of nitrogens with one attached hydrogen (secondary N) is 2. The second-order valence-corrected chi connectivity index (χ2v) is 4.27. The van der Waals surface area contributed by atoms with Crippen molar-refractivity contribution in [1.29, 1.82) is 0 Å². The van der Waals surface area contributed by atoms with Crippen LogP contribution in [0, 0.1) is 0 Å². The number of benzene rings is 1. The van der Waals surface area contributed by atoms with E-state index in [4.69, 9.17) is 13.6 Å². The van der Waals surface area contributed by atoms with Crippen LogP contribution < -0.4 is 16.4 Å². The van der Waals surface area contributed by atoms with Gasteiger partial charge in [-0.3, -0.25) is 19.2 Å². The second-order valence-electron chi connectivity index (χ2n) is 4.27. The van der Waals surface area contributed by atoms with Crippen molar-refractivity contribution in [2.75, 3.05) is 11.9 Å². The van der Waals surface area contributed by atoms with Crippen LogP contribution in [0.15, 0.2) is 24.3 Å². The Balaban J connectivity index is 2.39. The lowest BCUT2D eigenvalue weighted by atomic mass is 10.2. The van der Waals surface area contributed by atoms with Gasteiger partial charge in [0.1, 0.15) is 13.0 Å². The van der Waals surface area contributed by atoms with Gasteiger partial charge in [-0.05, 0) is 17.7 Å². The molecule has 1 aromatic carbocycles. The standard InChI is InChI=1S/C13H14BN3O5/c14-13(21)22-7-8-1-3-9(4-2-8)17-12(20)6-16-11(19)5-10(15)18/h1-4H,5-7H2,(H2,15,18)(H,16,19)(H,17,20). The maximum atomic E-state index is 11.6. The Hall–Kier alpha value is -2.84. The van der Waals surface area contributed by atoms with Crippen molar-refractivity contribution < 1.29 is 23.9 Å². The lowest BCUT2D eigenvalue weighted by molar-refractivity contribution is -0.129. The van der Waals surface area contributed by atoms with Crippen LogP contribution in [-0.2, 0) is 25.7 Å². The zero-order valence-electron chi connectivity index (χ0n) is 11.6. The summed E-state index contributed by atoms with van der Waals surface area (Å²) in [5, 5.41) is 4.80. The first kappa shape index (κ1) is 17.2. The number of carbonyl (C=O) groups excluding carboxylic acids is 4. The summed E-state index contributed by atoms with van der Waals surface area (Å²) in [6.07, 6.45) is -0.470. The first-order chi connectivity index (χ1) is 10.4. The highest BCUT2D eigenvalue weighted by atomic mass is 16.5. The summed E-state index contributed by atoms with van der Waals surface area (Å²) in [5.41, 5.74) is 6.04. The fourth-order valence-electron chi connectivity index (χ4n) is 1.44. The Morgan fingerprint density at radius 3 is 2.27 bits per heavy atom. The van der Waals surface area contributed by atoms with E-state index in [1.54, 1.807) is 24.3 Å². The lowest BCUT2D eigenvalue weighted by Gasteiger charge is -2.07. The van der Waals surface area contributed by atoms with Crippen LogP contribution in [0.5, 0.6) is 0 Å². The van der Waals surface area contributed by atoms with Crippen LogP contribution in [0.3, 0.4) is 0 Å². The van der Waals surface area contributed by atoms with E-state index in [0.717, 1.165) is 0 Å². The zero-order valence-corrected chi connectivity index (χ0v) is 11.6. The minimum atomic E-state index is -0.871. The maximum Gasteiger partial charge on any atom is 0.243 e. The molecule has 0 fully saturated rings. The molecule has 0 saturated carbocycles. The van der Waals surface area contributed by atoms with E-state index < -0.39 is 30.0 Å². The lowest BCUT2D eigenvalue weighted by Crippen LogP contribution is -2.35. The van der Waals surface area contributed by atoms with Crippen molar-refractivity contribution in [2.24, 2.45) is 5.73 Å². The number of nitrogens with two attached hydrogens (primary N) is 1. The minimum absolute atomic E-state index is 0.0345. The summed E-state index contributed by atoms with van der Waals surface area (Å²) in [7, 11) is 4.84. The van der Waals surface area contributed by atoms with Gasteiger partial charge in [-0.25, -0.2) is 0 Å². The number of ether oxygens (including phenoxy) is 1. The van der Waals surface area contributed by atoms with E-state index in [0.29, 0.717) is 11.3 Å². The number of hydrogen-bond donors (Lipinski definition) is 3. The van der Waals surface area contributed by atoms with Crippen molar-refractivity contribution in [3.63, 3.8) is 0 Å². The maximum absolute atomic E-state index is 11.6. The fourth-order valence-corrected chi connectivity index (χ4v) is 1.44. The van der Waals surface area contributed by atoms with Crippen molar-refractivity contribution >= 4 is 37.1 Å². The summed E-state index contributed by atoms with van der Waals surface area (Å²) in [6, 6.07) is 6.49. The molecule has 9 heteroatoms. The summed E-state index contributed by atoms with van der Waals surface area (Å²) in [4.78, 5) is 43.7. The highest BCUT2D eigenvalue weighted by Gasteiger charge is 2.08. The molecule has 0 unspecified atom stereocenters. The van der Waals surface area contributed by atoms with Crippen LogP contribution in [0.2, 0.25) is 0 Å². The SMILES string of the molecule is [B]C(=O)OCc1ccc(NC(=O)CNC(=O)CC(N)=O)cc1. The summed E-state index contributed by atoms with van der Waals surface area (Å²) in [5.74, 6) is -2.73. The number of anilines is 1. The first-order valence-corrected chi connectivity index (χ1v) is 6.23. The zero-order chi connectivity index (χ0) is 16.5. The third-order valence-corrected chi connectivity index (χ3v) is 2.40. The minimum Gasteiger partial charge on any atom is -0.470 e. The average Bonchev–Trinajstić information content (AvgIpc) is 2.43. The van der Waals surface area contributed by atoms with Gasteiger partial charge in [-0.15, -0.1) is 0 Å². The molecule has 0 atom stereocenters. The van der Waals surface area contributed by atoms with E-state index >= 15 is 0 Å². The van der Waals surface area contributed by atoms with E-state index in [9.17, 15) is 19.2 Å². The summed E-state index contributed by atoms with van der Waals surface area (Å²) >= 11 is 0. The molecule has 2 radical (unpaired) electrons. The molecule has 0 aliphatic heterocycles. The third-order valence-electron chi connectivity index (χ3n) is 2.40. The Morgan fingerprint density at radius 1 is 1.09 bits per heavy atom. The molecule has 3 amide bonds. The van der Waals surface area contributed by atoms with Gasteiger partial charge in [0, 0.05) is 5.69 Å². The quantitative estimate of drug-likeness (QED) is 0.459. The molecule has 0 aliphatic carbocycles. The van der Waals surface area contributed by atoms with Gasteiger partial charge in [0.15, 0.2) is 0 Å². The Labute approximate surface area is 127 Å². The van der Waals surface area contributed by atoms with Crippen LogP contribution in [-0.4, -0.2) is 38.0 Å². The molecule has 0 saturated heterocycles. The molecule has 1 aromatic rings. The number of primary amides is 1. The smallest absolute Gasteiger partial charge is 0.243 e. The topological polar surface area (TPSA) is 128 Å². The van der Waals surface area contributed by atoms with Gasteiger partial charge in [-0.1, -0.05) is 12.1 Å². The predicted octanol–water partition coefficient (Wildman–Crippen LogP) is -0.578. The van der Waals surface area contributed by atoms with Crippen LogP contribution in [0.4, 0.5) is 10.5 Å². The van der Waals surface area contributed by atoms with Crippen molar-refractivity contribution in [3.8, 4) is 0 Å². The number of amides is 3. The molecule has 0 aliphatic rings. The normalized spacial score (nSPS) is 9.64. The molecule has 0 spiro atoms. The van der Waals surface area contributed by atoms with Gasteiger partial charge in [0.25, 0.3) is 0 Å². The number of carbonyl (C=O) groups is 4. The Morgan fingerprint density at radius 2 is 1.73 bits per heavy atom. The fraction of sp³-hybridized carbons (Fsp3) is 0.231. The van der Waals surface area contributed by atoms with Gasteiger partial charge in [0.2, 0.25) is 31.4 Å². The van der Waals surface area contributed by atoms with Crippen LogP contribution >= 0.6 is 0 Å². The average molecular weight is 303 g/mol. The molecular formula is C13H14BN3O5. The van der Waals surface area contributed by atoms with E-state index in [-0.39, 0.29) is 13.2 Å². The van der Waals surface area contributed by atoms with E-state index in [1.807, 2.05) is 0 Å². The molecule has 1 rings (SSSR count). The largest absolute Gasteiger partial charge is 0.470 e. The predicted molar refractivity (Wildman–Crippen MR) is 77.8 cm³/mol. The Bertz CT molecular complexity index is 574. The number of rotatable bonds is 7. The highest BCUT2D eigenvalue weighted by Crippen LogP contribution is 2.10. The van der Waals surface area contributed by atoms with Gasteiger partial charge < -0.3 is 21.1 Å².